The van der Waals surface area contributed by atoms with Crippen LogP contribution in [0.1, 0.15) is 22.6 Å². The van der Waals surface area contributed by atoms with Crippen molar-refractivity contribution in [3.8, 4) is 0 Å². The van der Waals surface area contributed by atoms with Crippen LogP contribution in [0.5, 0.6) is 0 Å². The number of hydrogen-bond acceptors (Lipinski definition) is 3. The SMILES string of the molecule is CN=C(NCc1ccc(C)s1)N1CCC2(CCOC2)C1. The molecule has 3 rings (SSSR count). The number of aliphatic imine (C=N–C) groups is 1. The Hall–Kier alpha value is -1.07. The monoisotopic (exact) mass is 293 g/mol. The summed E-state index contributed by atoms with van der Waals surface area (Å²) < 4.78 is 5.59. The lowest BCUT2D eigenvalue weighted by Gasteiger charge is -2.24. The summed E-state index contributed by atoms with van der Waals surface area (Å²) in [6.07, 6.45) is 2.43. The van der Waals surface area contributed by atoms with Gasteiger partial charge in [-0.3, -0.25) is 4.99 Å². The Labute approximate surface area is 124 Å². The Morgan fingerprint density at radius 1 is 1.50 bits per heavy atom. The van der Waals surface area contributed by atoms with Gasteiger partial charge in [-0.05, 0) is 31.9 Å². The highest BCUT2D eigenvalue weighted by molar-refractivity contribution is 7.11. The fourth-order valence-corrected chi connectivity index (χ4v) is 4.00. The van der Waals surface area contributed by atoms with Crippen LogP contribution in [0.2, 0.25) is 0 Å². The normalized spacial score (nSPS) is 26.7. The molecule has 4 nitrogen and oxygen atoms in total. The number of aryl methyl sites for hydroxylation is 1. The predicted molar refractivity (Wildman–Crippen MR) is 83.3 cm³/mol. The number of likely N-dealkylation sites (tertiary alicyclic amines) is 1. The Kier molecular flexibility index (Phi) is 3.98. The first-order chi connectivity index (χ1) is 9.71. The number of guanidine groups is 1. The van der Waals surface area contributed by atoms with E-state index in [2.05, 4.69) is 34.3 Å². The second kappa shape index (κ2) is 5.74. The van der Waals surface area contributed by atoms with Crippen molar-refractivity contribution in [2.45, 2.75) is 26.3 Å². The maximum atomic E-state index is 5.59. The van der Waals surface area contributed by atoms with Crippen LogP contribution in [0, 0.1) is 12.3 Å². The first kappa shape index (κ1) is 13.9. The molecule has 20 heavy (non-hydrogen) atoms. The summed E-state index contributed by atoms with van der Waals surface area (Å²) in [6, 6.07) is 4.36. The Bertz CT molecular complexity index is 491. The summed E-state index contributed by atoms with van der Waals surface area (Å²) in [5, 5.41) is 3.49. The second-order valence-electron chi connectivity index (χ2n) is 5.89. The standard InChI is InChI=1S/C15H23N3OS/c1-12-3-4-13(20-12)9-17-14(16-2)18-7-5-15(10-18)6-8-19-11-15/h3-4H,5-11H2,1-2H3,(H,16,17). The molecule has 2 saturated heterocycles. The van der Waals surface area contributed by atoms with E-state index in [1.165, 1.54) is 22.6 Å². The van der Waals surface area contributed by atoms with Crippen LogP contribution in [0.3, 0.4) is 0 Å². The lowest BCUT2D eigenvalue weighted by molar-refractivity contribution is 0.156. The lowest BCUT2D eigenvalue weighted by Crippen LogP contribution is -2.41. The molecule has 1 spiro atoms. The number of thiophene rings is 1. The van der Waals surface area contributed by atoms with Gasteiger partial charge in [0.25, 0.3) is 0 Å². The van der Waals surface area contributed by atoms with Gasteiger partial charge in [0.05, 0.1) is 13.2 Å². The number of nitrogens with one attached hydrogen (secondary N) is 1. The van der Waals surface area contributed by atoms with Gasteiger partial charge in [-0.1, -0.05) is 0 Å². The van der Waals surface area contributed by atoms with Crippen LogP contribution in [-0.4, -0.2) is 44.2 Å². The van der Waals surface area contributed by atoms with Gasteiger partial charge < -0.3 is 15.0 Å². The summed E-state index contributed by atoms with van der Waals surface area (Å²) in [7, 11) is 1.87. The van der Waals surface area contributed by atoms with Crippen LogP contribution in [0.25, 0.3) is 0 Å². The van der Waals surface area contributed by atoms with Crippen LogP contribution in [0.4, 0.5) is 0 Å². The predicted octanol–water partition coefficient (Wildman–Crippen LogP) is 2.24. The van der Waals surface area contributed by atoms with Crippen molar-refractivity contribution in [2.24, 2.45) is 10.4 Å². The van der Waals surface area contributed by atoms with Crippen LogP contribution in [0.15, 0.2) is 17.1 Å². The van der Waals surface area contributed by atoms with E-state index < -0.39 is 0 Å². The minimum absolute atomic E-state index is 0.386. The molecule has 5 heteroatoms. The van der Waals surface area contributed by atoms with Gasteiger partial charge in [-0.2, -0.15) is 0 Å². The van der Waals surface area contributed by atoms with E-state index in [9.17, 15) is 0 Å². The second-order valence-corrected chi connectivity index (χ2v) is 7.26. The van der Waals surface area contributed by atoms with Gasteiger partial charge in [-0.15, -0.1) is 11.3 Å². The molecule has 110 valence electrons. The van der Waals surface area contributed by atoms with Crippen molar-refractivity contribution in [1.82, 2.24) is 10.2 Å². The van der Waals surface area contributed by atoms with Crippen molar-refractivity contribution in [2.75, 3.05) is 33.4 Å². The summed E-state index contributed by atoms with van der Waals surface area (Å²) >= 11 is 1.85. The zero-order valence-electron chi connectivity index (χ0n) is 12.3. The van der Waals surface area contributed by atoms with E-state index in [0.717, 1.165) is 38.8 Å². The van der Waals surface area contributed by atoms with Gasteiger partial charge in [0.2, 0.25) is 0 Å². The van der Waals surface area contributed by atoms with Gasteiger partial charge in [0.15, 0.2) is 5.96 Å². The largest absolute Gasteiger partial charge is 0.381 e. The van der Waals surface area contributed by atoms with E-state index in [-0.39, 0.29) is 0 Å². The van der Waals surface area contributed by atoms with Crippen LogP contribution < -0.4 is 5.32 Å². The summed E-state index contributed by atoms with van der Waals surface area (Å²) in [6.45, 7) is 7.03. The minimum atomic E-state index is 0.386. The van der Waals surface area contributed by atoms with Gasteiger partial charge in [0, 0.05) is 41.9 Å². The highest BCUT2D eigenvalue weighted by Crippen LogP contribution is 2.38. The molecule has 1 aromatic rings. The highest BCUT2D eigenvalue weighted by Gasteiger charge is 2.42. The third kappa shape index (κ3) is 2.83. The quantitative estimate of drug-likeness (QED) is 0.671. The van der Waals surface area contributed by atoms with E-state index in [1.807, 2.05) is 18.4 Å². The van der Waals surface area contributed by atoms with Gasteiger partial charge >= 0.3 is 0 Å². The van der Waals surface area contributed by atoms with Crippen LogP contribution >= 0.6 is 11.3 Å². The molecule has 3 heterocycles. The molecule has 0 aromatic carbocycles. The molecular formula is C15H23N3OS. The smallest absolute Gasteiger partial charge is 0.193 e. The van der Waals surface area contributed by atoms with Crippen molar-refractivity contribution in [3.63, 3.8) is 0 Å². The Balaban J connectivity index is 1.57. The maximum absolute atomic E-state index is 5.59. The number of ether oxygens (including phenoxy) is 1. The molecule has 2 fully saturated rings. The zero-order valence-corrected chi connectivity index (χ0v) is 13.1. The molecule has 1 unspecified atom stereocenters. The molecule has 0 aliphatic carbocycles. The van der Waals surface area contributed by atoms with E-state index in [1.54, 1.807) is 0 Å². The maximum Gasteiger partial charge on any atom is 0.193 e. The van der Waals surface area contributed by atoms with E-state index in [4.69, 9.17) is 4.74 Å². The van der Waals surface area contributed by atoms with Crippen molar-refractivity contribution in [1.29, 1.82) is 0 Å². The van der Waals surface area contributed by atoms with Gasteiger partial charge in [-0.25, -0.2) is 0 Å². The number of nitrogens with zero attached hydrogens (tertiary/aromatic N) is 2. The highest BCUT2D eigenvalue weighted by atomic mass is 32.1. The van der Waals surface area contributed by atoms with Crippen LogP contribution in [-0.2, 0) is 11.3 Å². The zero-order chi connectivity index (χ0) is 14.0. The molecule has 2 aliphatic rings. The molecule has 0 saturated carbocycles. The molecular weight excluding hydrogens is 270 g/mol. The Morgan fingerprint density at radius 2 is 2.40 bits per heavy atom. The summed E-state index contributed by atoms with van der Waals surface area (Å²) in [5.41, 5.74) is 0.386. The topological polar surface area (TPSA) is 36.9 Å². The third-order valence-electron chi connectivity index (χ3n) is 4.35. The average molecular weight is 293 g/mol. The van der Waals surface area contributed by atoms with Crippen molar-refractivity contribution >= 4 is 17.3 Å². The molecule has 0 amide bonds. The molecule has 1 atom stereocenters. The fraction of sp³-hybridized carbons (Fsp3) is 0.667. The van der Waals surface area contributed by atoms with Gasteiger partial charge in [0.1, 0.15) is 0 Å². The van der Waals surface area contributed by atoms with Crippen molar-refractivity contribution in [3.05, 3.63) is 21.9 Å². The molecule has 0 bridgehead atoms. The lowest BCUT2D eigenvalue weighted by atomic mass is 9.87. The number of rotatable bonds is 2. The number of hydrogen-bond donors (Lipinski definition) is 1. The third-order valence-corrected chi connectivity index (χ3v) is 5.35. The minimum Gasteiger partial charge on any atom is -0.381 e. The fourth-order valence-electron chi connectivity index (χ4n) is 3.17. The van der Waals surface area contributed by atoms with E-state index >= 15 is 0 Å². The van der Waals surface area contributed by atoms with Crippen molar-refractivity contribution < 1.29 is 4.74 Å². The Morgan fingerprint density at radius 3 is 3.05 bits per heavy atom. The molecule has 1 N–H and O–H groups in total. The average Bonchev–Trinajstić information content (AvgIpc) is 3.15. The summed E-state index contributed by atoms with van der Waals surface area (Å²) in [5.74, 6) is 1.03. The molecule has 0 radical (unpaired) electrons. The molecule has 1 aromatic heterocycles. The summed E-state index contributed by atoms with van der Waals surface area (Å²) in [4.78, 5) is 9.55. The molecule has 2 aliphatic heterocycles. The van der Waals surface area contributed by atoms with E-state index in [0.29, 0.717) is 5.41 Å². The first-order valence-corrected chi connectivity index (χ1v) is 8.11. The first-order valence-electron chi connectivity index (χ1n) is 7.29.